The molecule has 2 unspecified atom stereocenters. The maximum absolute atomic E-state index is 12.3. The van der Waals surface area contributed by atoms with E-state index in [2.05, 4.69) is 0 Å². The van der Waals surface area contributed by atoms with E-state index in [-0.39, 0.29) is 24.1 Å². The van der Waals surface area contributed by atoms with E-state index in [1.165, 1.54) is 0 Å². The molecule has 0 aromatic carbocycles. The highest BCUT2D eigenvalue weighted by Gasteiger charge is 2.54. The first-order valence-electron chi connectivity index (χ1n) is 6.83. The van der Waals surface area contributed by atoms with Crippen LogP contribution in [0.15, 0.2) is 0 Å². The summed E-state index contributed by atoms with van der Waals surface area (Å²) in [6.07, 6.45) is 4.25. The lowest BCUT2D eigenvalue weighted by molar-refractivity contribution is -0.166. The van der Waals surface area contributed by atoms with Gasteiger partial charge in [0.2, 0.25) is 0 Å². The van der Waals surface area contributed by atoms with Crippen molar-refractivity contribution in [3.8, 4) is 0 Å². The fourth-order valence-electron chi connectivity index (χ4n) is 3.36. The smallest absolute Gasteiger partial charge is 0.319 e. The lowest BCUT2D eigenvalue weighted by Crippen LogP contribution is -2.48. The van der Waals surface area contributed by atoms with E-state index in [9.17, 15) is 14.4 Å². The van der Waals surface area contributed by atoms with Crippen LogP contribution in [0.2, 0.25) is 0 Å². The molecule has 4 nitrogen and oxygen atoms in total. The van der Waals surface area contributed by atoms with Gasteiger partial charge in [0.25, 0.3) is 0 Å². The molecule has 0 bridgehead atoms. The summed E-state index contributed by atoms with van der Waals surface area (Å²) in [7, 11) is 0. The van der Waals surface area contributed by atoms with Crippen LogP contribution in [0.3, 0.4) is 0 Å². The standard InChI is InChI=1S/C14H20O4/c1-2-18-13(17)14(8-4-3-5-12(14)16)10-6-7-11(15)9-10/h10H,2-9H2,1H3. The topological polar surface area (TPSA) is 60.4 Å². The van der Waals surface area contributed by atoms with Crippen molar-refractivity contribution in [1.82, 2.24) is 0 Å². The minimum Gasteiger partial charge on any atom is -0.465 e. The second-order valence-corrected chi connectivity index (χ2v) is 5.30. The van der Waals surface area contributed by atoms with Crippen molar-refractivity contribution in [3.05, 3.63) is 0 Å². The molecule has 2 atom stereocenters. The normalized spacial score (nSPS) is 32.6. The number of esters is 1. The lowest BCUT2D eigenvalue weighted by atomic mass is 9.64. The molecule has 0 aromatic rings. The number of carbonyl (C=O) groups is 3. The lowest BCUT2D eigenvalue weighted by Gasteiger charge is -2.37. The van der Waals surface area contributed by atoms with Gasteiger partial charge in [-0.25, -0.2) is 0 Å². The summed E-state index contributed by atoms with van der Waals surface area (Å²) in [6, 6.07) is 0. The van der Waals surface area contributed by atoms with Gasteiger partial charge in [-0.3, -0.25) is 14.4 Å². The molecule has 0 aromatic heterocycles. The number of carbonyl (C=O) groups excluding carboxylic acids is 3. The minimum absolute atomic E-state index is 0.00750. The van der Waals surface area contributed by atoms with Crippen LogP contribution < -0.4 is 0 Å². The number of rotatable bonds is 3. The summed E-state index contributed by atoms with van der Waals surface area (Å²) in [4.78, 5) is 36.0. The van der Waals surface area contributed by atoms with Crippen molar-refractivity contribution in [2.45, 2.75) is 51.9 Å². The molecule has 0 spiro atoms. The van der Waals surface area contributed by atoms with E-state index < -0.39 is 11.4 Å². The zero-order valence-electron chi connectivity index (χ0n) is 10.9. The first kappa shape index (κ1) is 13.2. The Hall–Kier alpha value is -1.19. The second kappa shape index (κ2) is 5.21. The van der Waals surface area contributed by atoms with Crippen molar-refractivity contribution < 1.29 is 19.1 Å². The van der Waals surface area contributed by atoms with Crippen LogP contribution in [0.1, 0.15) is 51.9 Å². The predicted molar refractivity (Wildman–Crippen MR) is 64.9 cm³/mol. The molecular weight excluding hydrogens is 232 g/mol. The van der Waals surface area contributed by atoms with E-state index in [4.69, 9.17) is 4.74 Å². The molecule has 2 saturated carbocycles. The Bertz CT molecular complexity index is 374. The summed E-state index contributed by atoms with van der Waals surface area (Å²) in [5.74, 6) is -0.361. The van der Waals surface area contributed by atoms with Gasteiger partial charge in [0, 0.05) is 19.3 Å². The zero-order chi connectivity index (χ0) is 13.2. The van der Waals surface area contributed by atoms with Crippen molar-refractivity contribution in [2.24, 2.45) is 11.3 Å². The Balaban J connectivity index is 2.29. The number of ketones is 2. The number of Topliss-reactive ketones (excluding diaryl/α,β-unsaturated/α-hetero) is 2. The van der Waals surface area contributed by atoms with Crippen LogP contribution in [0, 0.1) is 11.3 Å². The molecule has 4 heteroatoms. The van der Waals surface area contributed by atoms with Crippen LogP contribution in [-0.4, -0.2) is 24.1 Å². The van der Waals surface area contributed by atoms with Gasteiger partial charge >= 0.3 is 5.97 Å². The van der Waals surface area contributed by atoms with Gasteiger partial charge in [-0.15, -0.1) is 0 Å². The van der Waals surface area contributed by atoms with Gasteiger partial charge in [0.1, 0.15) is 17.0 Å². The quantitative estimate of drug-likeness (QED) is 0.569. The molecule has 100 valence electrons. The molecule has 2 rings (SSSR count). The fraction of sp³-hybridized carbons (Fsp3) is 0.786. The van der Waals surface area contributed by atoms with Gasteiger partial charge in [-0.05, 0) is 32.1 Å². The summed E-state index contributed by atoms with van der Waals surface area (Å²) < 4.78 is 5.13. The van der Waals surface area contributed by atoms with Gasteiger partial charge in [-0.2, -0.15) is 0 Å². The van der Waals surface area contributed by atoms with Crippen molar-refractivity contribution in [3.63, 3.8) is 0 Å². The first-order chi connectivity index (χ1) is 8.61. The Morgan fingerprint density at radius 3 is 2.67 bits per heavy atom. The van der Waals surface area contributed by atoms with Crippen LogP contribution in [0.5, 0.6) is 0 Å². The Kier molecular flexibility index (Phi) is 3.83. The van der Waals surface area contributed by atoms with E-state index in [0.29, 0.717) is 32.1 Å². The highest BCUT2D eigenvalue weighted by molar-refractivity contribution is 6.05. The van der Waals surface area contributed by atoms with E-state index in [0.717, 1.165) is 12.8 Å². The van der Waals surface area contributed by atoms with E-state index in [1.54, 1.807) is 6.92 Å². The maximum atomic E-state index is 12.3. The van der Waals surface area contributed by atoms with Crippen molar-refractivity contribution in [2.75, 3.05) is 6.61 Å². The third-order valence-electron chi connectivity index (χ3n) is 4.30. The molecular formula is C14H20O4. The SMILES string of the molecule is CCOC(=O)C1(C2CCC(=O)C2)CCCCC1=O. The average molecular weight is 252 g/mol. The van der Waals surface area contributed by atoms with Crippen LogP contribution in [-0.2, 0) is 19.1 Å². The molecule has 2 aliphatic carbocycles. The largest absolute Gasteiger partial charge is 0.465 e. The third kappa shape index (κ3) is 2.08. The van der Waals surface area contributed by atoms with Gasteiger partial charge in [-0.1, -0.05) is 6.42 Å². The van der Waals surface area contributed by atoms with Crippen LogP contribution >= 0.6 is 0 Å². The Morgan fingerprint density at radius 1 is 1.33 bits per heavy atom. The Labute approximate surface area is 107 Å². The van der Waals surface area contributed by atoms with Gasteiger partial charge in [0.05, 0.1) is 6.61 Å². The van der Waals surface area contributed by atoms with Crippen molar-refractivity contribution >= 4 is 17.5 Å². The first-order valence-corrected chi connectivity index (χ1v) is 6.83. The summed E-state index contributed by atoms with van der Waals surface area (Å²) in [5.41, 5.74) is -1.01. The number of hydrogen-bond donors (Lipinski definition) is 0. The van der Waals surface area contributed by atoms with Crippen LogP contribution in [0.25, 0.3) is 0 Å². The minimum atomic E-state index is -1.01. The monoisotopic (exact) mass is 252 g/mol. The van der Waals surface area contributed by atoms with Crippen molar-refractivity contribution in [1.29, 1.82) is 0 Å². The highest BCUT2D eigenvalue weighted by atomic mass is 16.5. The van der Waals surface area contributed by atoms with Gasteiger partial charge in [0.15, 0.2) is 0 Å². The number of hydrogen-bond acceptors (Lipinski definition) is 4. The summed E-state index contributed by atoms with van der Waals surface area (Å²) in [5, 5.41) is 0. The third-order valence-corrected chi connectivity index (χ3v) is 4.30. The average Bonchev–Trinajstić information content (AvgIpc) is 2.77. The molecule has 0 amide bonds. The van der Waals surface area contributed by atoms with Crippen LogP contribution in [0.4, 0.5) is 0 Å². The van der Waals surface area contributed by atoms with E-state index >= 15 is 0 Å². The maximum Gasteiger partial charge on any atom is 0.319 e. The molecule has 2 aliphatic rings. The Morgan fingerprint density at radius 2 is 2.11 bits per heavy atom. The molecule has 0 saturated heterocycles. The molecule has 2 fully saturated rings. The summed E-state index contributed by atoms with van der Waals surface area (Å²) >= 11 is 0. The molecule has 0 heterocycles. The molecule has 0 radical (unpaired) electrons. The predicted octanol–water partition coefficient (Wildman–Crippen LogP) is 2.05. The highest BCUT2D eigenvalue weighted by Crippen LogP contribution is 2.47. The zero-order valence-corrected chi connectivity index (χ0v) is 10.9. The number of ether oxygens (including phenoxy) is 1. The van der Waals surface area contributed by atoms with Gasteiger partial charge < -0.3 is 4.74 Å². The summed E-state index contributed by atoms with van der Waals surface area (Å²) in [6.45, 7) is 2.03. The molecule has 0 aliphatic heterocycles. The van der Waals surface area contributed by atoms with E-state index in [1.807, 2.05) is 0 Å². The second-order valence-electron chi connectivity index (χ2n) is 5.30. The molecule has 0 N–H and O–H groups in total. The molecule has 18 heavy (non-hydrogen) atoms. The fourth-order valence-corrected chi connectivity index (χ4v) is 3.36.